The van der Waals surface area contributed by atoms with Gasteiger partial charge in [-0.1, -0.05) is 24.3 Å². The number of methoxy groups -OCH3 is 1. The molecule has 3 nitrogen and oxygen atoms in total. The summed E-state index contributed by atoms with van der Waals surface area (Å²) >= 11 is 0. The summed E-state index contributed by atoms with van der Waals surface area (Å²) in [6, 6.07) is 12.7. The van der Waals surface area contributed by atoms with Gasteiger partial charge < -0.3 is 10.1 Å². The van der Waals surface area contributed by atoms with E-state index in [0.29, 0.717) is 6.04 Å². The number of nitrogens with zero attached hydrogens (tertiary/aromatic N) is 1. The second-order valence-electron chi connectivity index (χ2n) is 5.19. The van der Waals surface area contributed by atoms with Crippen LogP contribution in [0.5, 0.6) is 5.75 Å². The highest BCUT2D eigenvalue weighted by atomic mass is 16.5. The molecule has 3 heteroatoms. The summed E-state index contributed by atoms with van der Waals surface area (Å²) in [5, 5.41) is 3.63. The minimum Gasteiger partial charge on any atom is -0.496 e. The first-order valence-electron chi connectivity index (χ1n) is 7.17. The first-order chi connectivity index (χ1) is 9.88. The highest BCUT2D eigenvalue weighted by Gasteiger charge is 2.20. The van der Waals surface area contributed by atoms with Crippen molar-refractivity contribution in [3.63, 3.8) is 0 Å². The van der Waals surface area contributed by atoms with Gasteiger partial charge in [0, 0.05) is 18.3 Å². The van der Waals surface area contributed by atoms with Gasteiger partial charge in [0.05, 0.1) is 18.8 Å². The molecule has 1 unspecified atom stereocenters. The van der Waals surface area contributed by atoms with Crippen LogP contribution in [0, 0.1) is 0 Å². The second-order valence-corrected chi connectivity index (χ2v) is 5.19. The molecular formula is C17H20N2O. The summed E-state index contributed by atoms with van der Waals surface area (Å²) in [6.45, 7) is 0.810. The number of hydrogen-bond donors (Lipinski definition) is 1. The highest BCUT2D eigenvalue weighted by molar-refractivity contribution is 5.33. The zero-order chi connectivity index (χ0) is 13.8. The van der Waals surface area contributed by atoms with E-state index in [2.05, 4.69) is 22.4 Å². The maximum Gasteiger partial charge on any atom is 0.123 e. The Balaban J connectivity index is 1.73. The van der Waals surface area contributed by atoms with E-state index in [0.717, 1.165) is 25.1 Å². The van der Waals surface area contributed by atoms with Gasteiger partial charge in [0.25, 0.3) is 0 Å². The second kappa shape index (κ2) is 6.06. The van der Waals surface area contributed by atoms with Crippen molar-refractivity contribution in [2.24, 2.45) is 0 Å². The zero-order valence-electron chi connectivity index (χ0n) is 11.8. The minimum atomic E-state index is 0.352. The Labute approximate surface area is 120 Å². The number of ether oxygens (including phenoxy) is 1. The summed E-state index contributed by atoms with van der Waals surface area (Å²) in [7, 11) is 1.72. The molecule has 0 aliphatic heterocycles. The number of nitrogens with one attached hydrogen (secondary N) is 1. The largest absolute Gasteiger partial charge is 0.496 e. The molecule has 1 aliphatic rings. The van der Waals surface area contributed by atoms with E-state index >= 15 is 0 Å². The van der Waals surface area contributed by atoms with Crippen molar-refractivity contribution in [1.29, 1.82) is 0 Å². The van der Waals surface area contributed by atoms with E-state index in [1.54, 1.807) is 7.11 Å². The lowest BCUT2D eigenvalue weighted by molar-refractivity contribution is 0.400. The van der Waals surface area contributed by atoms with Crippen molar-refractivity contribution >= 4 is 0 Å². The number of benzene rings is 1. The number of para-hydroxylation sites is 1. The molecule has 0 saturated heterocycles. The van der Waals surface area contributed by atoms with Crippen LogP contribution in [-0.2, 0) is 13.0 Å². The third-order valence-electron chi connectivity index (χ3n) is 3.93. The van der Waals surface area contributed by atoms with Gasteiger partial charge in [0.2, 0.25) is 0 Å². The van der Waals surface area contributed by atoms with E-state index < -0.39 is 0 Å². The normalized spacial score (nSPS) is 17.6. The zero-order valence-corrected chi connectivity index (χ0v) is 11.8. The van der Waals surface area contributed by atoms with Gasteiger partial charge in [0.15, 0.2) is 0 Å². The lowest BCUT2D eigenvalue weighted by Crippen LogP contribution is -2.26. The quantitative estimate of drug-likeness (QED) is 0.924. The number of aromatic nitrogens is 1. The van der Waals surface area contributed by atoms with Crippen molar-refractivity contribution in [2.75, 3.05) is 7.11 Å². The van der Waals surface area contributed by atoms with E-state index in [1.807, 2.05) is 30.5 Å². The molecule has 1 aromatic carbocycles. The van der Waals surface area contributed by atoms with Gasteiger partial charge in [-0.25, -0.2) is 0 Å². The number of fused-ring (bicyclic) bond motifs is 1. The standard InChI is InChI=1S/C17H20N2O/c1-20-16-10-3-2-6-14(16)12-19-15-9-4-7-13-8-5-11-18-17(13)15/h2-3,5-6,8,10-11,15,19H,4,7,9,12H2,1H3. The van der Waals surface area contributed by atoms with Crippen LogP contribution in [0.15, 0.2) is 42.6 Å². The van der Waals surface area contributed by atoms with E-state index in [9.17, 15) is 0 Å². The summed E-state index contributed by atoms with van der Waals surface area (Å²) in [5.74, 6) is 0.942. The van der Waals surface area contributed by atoms with Gasteiger partial charge >= 0.3 is 0 Å². The molecule has 0 fully saturated rings. The fourth-order valence-electron chi connectivity index (χ4n) is 2.89. The number of pyridine rings is 1. The molecule has 1 N–H and O–H groups in total. The molecule has 1 atom stereocenters. The number of rotatable bonds is 4. The highest BCUT2D eigenvalue weighted by Crippen LogP contribution is 2.28. The molecule has 1 aromatic heterocycles. The summed E-state index contributed by atoms with van der Waals surface area (Å²) < 4.78 is 5.40. The Morgan fingerprint density at radius 1 is 1.25 bits per heavy atom. The Hall–Kier alpha value is -1.87. The van der Waals surface area contributed by atoms with Gasteiger partial charge in [-0.2, -0.15) is 0 Å². The van der Waals surface area contributed by atoms with Crippen LogP contribution in [0.2, 0.25) is 0 Å². The molecule has 0 bridgehead atoms. The molecule has 20 heavy (non-hydrogen) atoms. The van der Waals surface area contributed by atoms with Crippen molar-refractivity contribution in [1.82, 2.24) is 10.3 Å². The number of aryl methyl sites for hydroxylation is 1. The van der Waals surface area contributed by atoms with Gasteiger partial charge in [-0.05, 0) is 37.0 Å². The van der Waals surface area contributed by atoms with Crippen LogP contribution in [0.1, 0.15) is 35.7 Å². The molecule has 0 spiro atoms. The maximum absolute atomic E-state index is 5.40. The van der Waals surface area contributed by atoms with Crippen LogP contribution < -0.4 is 10.1 Å². The molecule has 1 heterocycles. The Morgan fingerprint density at radius 2 is 2.15 bits per heavy atom. The monoisotopic (exact) mass is 268 g/mol. The Bertz CT molecular complexity index is 583. The lowest BCUT2D eigenvalue weighted by atomic mass is 9.92. The summed E-state index contributed by atoms with van der Waals surface area (Å²) in [5.41, 5.74) is 3.79. The lowest BCUT2D eigenvalue weighted by Gasteiger charge is -2.25. The van der Waals surface area contributed by atoms with E-state index in [-0.39, 0.29) is 0 Å². The van der Waals surface area contributed by atoms with Crippen molar-refractivity contribution in [3.8, 4) is 5.75 Å². The molecular weight excluding hydrogens is 248 g/mol. The fourth-order valence-corrected chi connectivity index (χ4v) is 2.89. The molecule has 2 aromatic rings. The fraction of sp³-hybridized carbons (Fsp3) is 0.353. The van der Waals surface area contributed by atoms with Crippen LogP contribution in [0.3, 0.4) is 0 Å². The topological polar surface area (TPSA) is 34.1 Å². The summed E-state index contributed by atoms with van der Waals surface area (Å²) in [6.07, 6.45) is 5.42. The van der Waals surface area contributed by atoms with E-state index in [1.165, 1.54) is 23.2 Å². The Kier molecular flexibility index (Phi) is 3.97. The average Bonchev–Trinajstić information content (AvgIpc) is 2.53. The van der Waals surface area contributed by atoms with Crippen molar-refractivity contribution in [2.45, 2.75) is 31.8 Å². The van der Waals surface area contributed by atoms with Crippen LogP contribution in [0.4, 0.5) is 0 Å². The first-order valence-corrected chi connectivity index (χ1v) is 7.17. The smallest absolute Gasteiger partial charge is 0.123 e. The molecule has 0 amide bonds. The first kappa shape index (κ1) is 13.1. The molecule has 1 aliphatic carbocycles. The molecule has 104 valence electrons. The molecule has 3 rings (SSSR count). The van der Waals surface area contributed by atoms with Crippen LogP contribution in [0.25, 0.3) is 0 Å². The minimum absolute atomic E-state index is 0.352. The maximum atomic E-state index is 5.40. The van der Waals surface area contributed by atoms with Gasteiger partial charge in [0.1, 0.15) is 5.75 Å². The third-order valence-corrected chi connectivity index (χ3v) is 3.93. The average molecular weight is 268 g/mol. The van der Waals surface area contributed by atoms with E-state index in [4.69, 9.17) is 4.74 Å². The van der Waals surface area contributed by atoms with Crippen LogP contribution >= 0.6 is 0 Å². The Morgan fingerprint density at radius 3 is 3.05 bits per heavy atom. The predicted molar refractivity (Wildman–Crippen MR) is 79.7 cm³/mol. The van der Waals surface area contributed by atoms with Crippen LogP contribution in [-0.4, -0.2) is 12.1 Å². The van der Waals surface area contributed by atoms with Gasteiger partial charge in [-0.15, -0.1) is 0 Å². The van der Waals surface area contributed by atoms with Gasteiger partial charge in [-0.3, -0.25) is 4.98 Å². The third kappa shape index (κ3) is 2.68. The summed E-state index contributed by atoms with van der Waals surface area (Å²) in [4.78, 5) is 4.56. The predicted octanol–water partition coefficient (Wildman–Crippen LogP) is 3.26. The van der Waals surface area contributed by atoms with Crippen molar-refractivity contribution < 1.29 is 4.74 Å². The molecule has 0 saturated carbocycles. The SMILES string of the molecule is COc1ccccc1CNC1CCCc2cccnc21. The molecule has 0 radical (unpaired) electrons. The number of hydrogen-bond acceptors (Lipinski definition) is 3. The van der Waals surface area contributed by atoms with Crippen molar-refractivity contribution in [3.05, 3.63) is 59.4 Å².